The van der Waals surface area contributed by atoms with Crippen molar-refractivity contribution in [2.75, 3.05) is 32.8 Å². The van der Waals surface area contributed by atoms with Crippen LogP contribution in [-0.4, -0.2) is 48.9 Å². The SMILES string of the molecule is O[C@H](c1ccccc1)[C@@H](CN1CCOCC1)NCc1ccccc1. The Morgan fingerprint density at radius 1 is 0.958 bits per heavy atom. The Morgan fingerprint density at radius 2 is 1.58 bits per heavy atom. The highest BCUT2D eigenvalue weighted by molar-refractivity contribution is 5.20. The standard InChI is InChI=1S/C20H26N2O2/c23-20(18-9-5-2-6-10-18)19(16-22-11-13-24-14-12-22)21-15-17-7-3-1-4-8-17/h1-10,19-21,23H,11-16H2/t19-,20-/m1/s1. The zero-order chi connectivity index (χ0) is 16.6. The molecule has 1 saturated heterocycles. The number of nitrogens with one attached hydrogen (secondary N) is 1. The average Bonchev–Trinajstić information content (AvgIpc) is 2.67. The molecule has 2 aromatic carbocycles. The summed E-state index contributed by atoms with van der Waals surface area (Å²) < 4.78 is 5.43. The molecule has 4 heteroatoms. The van der Waals surface area contributed by atoms with Gasteiger partial charge in [-0.2, -0.15) is 0 Å². The molecule has 1 aliphatic rings. The van der Waals surface area contributed by atoms with Crippen molar-refractivity contribution in [1.29, 1.82) is 0 Å². The second kappa shape index (κ2) is 8.94. The largest absolute Gasteiger partial charge is 0.387 e. The van der Waals surface area contributed by atoms with Crippen molar-refractivity contribution in [2.24, 2.45) is 0 Å². The fourth-order valence-electron chi connectivity index (χ4n) is 3.07. The van der Waals surface area contributed by atoms with Crippen molar-refractivity contribution in [1.82, 2.24) is 10.2 Å². The molecular weight excluding hydrogens is 300 g/mol. The summed E-state index contributed by atoms with van der Waals surface area (Å²) in [6.45, 7) is 4.95. The quantitative estimate of drug-likeness (QED) is 0.819. The van der Waals surface area contributed by atoms with Crippen LogP contribution >= 0.6 is 0 Å². The van der Waals surface area contributed by atoms with Crippen molar-refractivity contribution in [2.45, 2.75) is 18.7 Å². The topological polar surface area (TPSA) is 44.7 Å². The third-order valence-corrected chi connectivity index (χ3v) is 4.49. The van der Waals surface area contributed by atoms with Gasteiger partial charge in [-0.25, -0.2) is 0 Å². The zero-order valence-electron chi connectivity index (χ0n) is 14.0. The number of ether oxygens (including phenoxy) is 1. The highest BCUT2D eigenvalue weighted by Gasteiger charge is 2.24. The van der Waals surface area contributed by atoms with Crippen molar-refractivity contribution in [3.05, 3.63) is 71.8 Å². The molecule has 0 unspecified atom stereocenters. The molecule has 4 nitrogen and oxygen atoms in total. The van der Waals surface area contributed by atoms with Crippen LogP contribution in [0.4, 0.5) is 0 Å². The third kappa shape index (κ3) is 4.89. The molecule has 1 heterocycles. The Kier molecular flexibility index (Phi) is 6.38. The Hall–Kier alpha value is -1.72. The number of rotatable bonds is 7. The van der Waals surface area contributed by atoms with Gasteiger partial charge in [0.15, 0.2) is 0 Å². The number of morpholine rings is 1. The van der Waals surface area contributed by atoms with E-state index in [1.54, 1.807) is 0 Å². The third-order valence-electron chi connectivity index (χ3n) is 4.49. The lowest BCUT2D eigenvalue weighted by Gasteiger charge is -2.33. The van der Waals surface area contributed by atoms with Crippen LogP contribution in [0.15, 0.2) is 60.7 Å². The first-order valence-electron chi connectivity index (χ1n) is 8.63. The minimum absolute atomic E-state index is 0.0225. The molecule has 2 atom stereocenters. The first-order valence-corrected chi connectivity index (χ1v) is 8.63. The van der Waals surface area contributed by atoms with Gasteiger partial charge in [0.2, 0.25) is 0 Å². The monoisotopic (exact) mass is 326 g/mol. The number of benzene rings is 2. The van der Waals surface area contributed by atoms with Crippen molar-refractivity contribution in [3.8, 4) is 0 Å². The van der Waals surface area contributed by atoms with Crippen LogP contribution in [0.1, 0.15) is 17.2 Å². The number of aliphatic hydroxyl groups is 1. The average molecular weight is 326 g/mol. The van der Waals surface area contributed by atoms with Crippen molar-refractivity contribution >= 4 is 0 Å². The molecule has 0 bridgehead atoms. The van der Waals surface area contributed by atoms with Crippen molar-refractivity contribution in [3.63, 3.8) is 0 Å². The molecular formula is C20H26N2O2. The van der Waals surface area contributed by atoms with Crippen LogP contribution in [0.5, 0.6) is 0 Å². The van der Waals surface area contributed by atoms with Gasteiger partial charge in [0.05, 0.1) is 25.4 Å². The van der Waals surface area contributed by atoms with E-state index in [4.69, 9.17) is 4.74 Å². The maximum Gasteiger partial charge on any atom is 0.0955 e. The summed E-state index contributed by atoms with van der Waals surface area (Å²) in [4.78, 5) is 2.36. The Bertz CT molecular complexity index is 585. The number of hydrogen-bond acceptors (Lipinski definition) is 4. The van der Waals surface area contributed by atoms with Gasteiger partial charge in [-0.3, -0.25) is 4.90 Å². The summed E-state index contributed by atoms with van der Waals surface area (Å²) in [5.74, 6) is 0. The molecule has 0 saturated carbocycles. The van der Waals surface area contributed by atoms with Crippen LogP contribution < -0.4 is 5.32 Å². The molecule has 2 N–H and O–H groups in total. The summed E-state index contributed by atoms with van der Waals surface area (Å²) in [5, 5.41) is 14.4. The van der Waals surface area contributed by atoms with Gasteiger partial charge in [0, 0.05) is 26.2 Å². The van der Waals surface area contributed by atoms with E-state index in [-0.39, 0.29) is 6.04 Å². The minimum Gasteiger partial charge on any atom is -0.387 e. The maximum absolute atomic E-state index is 10.9. The molecule has 0 aliphatic carbocycles. The van der Waals surface area contributed by atoms with Gasteiger partial charge in [-0.15, -0.1) is 0 Å². The molecule has 0 radical (unpaired) electrons. The van der Waals surface area contributed by atoms with Crippen LogP contribution in [0.3, 0.4) is 0 Å². The predicted octanol–water partition coefficient (Wildman–Crippen LogP) is 2.21. The van der Waals surface area contributed by atoms with Crippen LogP contribution in [0, 0.1) is 0 Å². The van der Waals surface area contributed by atoms with E-state index in [0.29, 0.717) is 0 Å². The van der Waals surface area contributed by atoms with E-state index in [2.05, 4.69) is 22.3 Å². The molecule has 0 amide bonds. The molecule has 24 heavy (non-hydrogen) atoms. The van der Waals surface area contributed by atoms with Crippen molar-refractivity contribution < 1.29 is 9.84 Å². The van der Waals surface area contributed by atoms with E-state index in [1.807, 2.05) is 48.5 Å². The molecule has 1 aliphatic heterocycles. The summed E-state index contributed by atoms with van der Waals surface area (Å²) in [5.41, 5.74) is 2.18. The van der Waals surface area contributed by atoms with Gasteiger partial charge in [0.25, 0.3) is 0 Å². The predicted molar refractivity (Wildman–Crippen MR) is 95.7 cm³/mol. The summed E-state index contributed by atoms with van der Waals surface area (Å²) in [6.07, 6.45) is -0.530. The molecule has 128 valence electrons. The molecule has 0 aromatic heterocycles. The zero-order valence-corrected chi connectivity index (χ0v) is 14.0. The van der Waals surface area contributed by atoms with Gasteiger partial charge in [-0.1, -0.05) is 60.7 Å². The minimum atomic E-state index is -0.530. The summed E-state index contributed by atoms with van der Waals surface area (Å²) in [6, 6.07) is 20.2. The smallest absolute Gasteiger partial charge is 0.0955 e. The second-order valence-corrected chi connectivity index (χ2v) is 6.24. The normalized spacial score (nSPS) is 18.2. The van der Waals surface area contributed by atoms with Crippen LogP contribution in [-0.2, 0) is 11.3 Å². The van der Waals surface area contributed by atoms with Gasteiger partial charge in [-0.05, 0) is 11.1 Å². The van der Waals surface area contributed by atoms with E-state index >= 15 is 0 Å². The first-order chi connectivity index (χ1) is 11.8. The summed E-state index contributed by atoms with van der Waals surface area (Å²) >= 11 is 0. The Labute approximate surface area is 144 Å². The van der Waals surface area contributed by atoms with Crippen LogP contribution in [0.2, 0.25) is 0 Å². The van der Waals surface area contributed by atoms with E-state index in [0.717, 1.165) is 45.0 Å². The lowest BCUT2D eigenvalue weighted by atomic mass is 10.0. The number of nitrogens with zero attached hydrogens (tertiary/aromatic N) is 1. The fourth-order valence-corrected chi connectivity index (χ4v) is 3.07. The van der Waals surface area contributed by atoms with E-state index in [1.165, 1.54) is 5.56 Å². The lowest BCUT2D eigenvalue weighted by molar-refractivity contribution is 0.0199. The highest BCUT2D eigenvalue weighted by Crippen LogP contribution is 2.18. The maximum atomic E-state index is 10.9. The van der Waals surface area contributed by atoms with Gasteiger partial charge in [0.1, 0.15) is 0 Å². The highest BCUT2D eigenvalue weighted by atomic mass is 16.5. The fraction of sp³-hybridized carbons (Fsp3) is 0.400. The van der Waals surface area contributed by atoms with Gasteiger partial charge < -0.3 is 15.2 Å². The summed E-state index contributed by atoms with van der Waals surface area (Å²) in [7, 11) is 0. The number of aliphatic hydroxyl groups excluding tert-OH is 1. The van der Waals surface area contributed by atoms with Gasteiger partial charge >= 0.3 is 0 Å². The second-order valence-electron chi connectivity index (χ2n) is 6.24. The first kappa shape index (κ1) is 17.1. The van der Waals surface area contributed by atoms with E-state index < -0.39 is 6.10 Å². The lowest BCUT2D eigenvalue weighted by Crippen LogP contribution is -2.48. The van der Waals surface area contributed by atoms with Crippen LogP contribution in [0.25, 0.3) is 0 Å². The Balaban J connectivity index is 1.67. The molecule has 3 rings (SSSR count). The van der Waals surface area contributed by atoms with E-state index in [9.17, 15) is 5.11 Å². The molecule has 1 fully saturated rings. The molecule has 2 aromatic rings. The number of hydrogen-bond donors (Lipinski definition) is 2. The molecule has 0 spiro atoms. The Morgan fingerprint density at radius 3 is 2.25 bits per heavy atom.